The Labute approximate surface area is 44.1 Å². The topological polar surface area (TPSA) is 102 Å². The Morgan fingerprint density at radius 1 is 1.62 bits per heavy atom. The van der Waals surface area contributed by atoms with Gasteiger partial charge in [0, 0.05) is 0 Å². The van der Waals surface area contributed by atoms with Crippen LogP contribution in [0.5, 0.6) is 0 Å². The molecule has 0 saturated heterocycles. The molecule has 0 aromatic heterocycles. The van der Waals surface area contributed by atoms with Crippen molar-refractivity contribution >= 4 is 11.9 Å². The zero-order valence-electron chi connectivity index (χ0n) is 3.75. The molecule has 0 amide bonds. The molecule has 8 heavy (non-hydrogen) atoms. The molecule has 0 aromatic rings. The first-order valence-corrected chi connectivity index (χ1v) is 1.58. The fraction of sp³-hybridized carbons (Fsp3) is 0. The van der Waals surface area contributed by atoms with Crippen molar-refractivity contribution in [3.8, 4) is 0 Å². The van der Waals surface area contributed by atoms with Crippen LogP contribution >= 0.6 is 0 Å². The Kier molecular flexibility index (Phi) is 2.52. The third kappa shape index (κ3) is 2.11. The van der Waals surface area contributed by atoms with Crippen LogP contribution in [0.25, 0.3) is 0 Å². The molecule has 0 heterocycles. The van der Waals surface area contributed by atoms with E-state index in [1.165, 1.54) is 5.59 Å². The van der Waals surface area contributed by atoms with E-state index >= 15 is 0 Å². The van der Waals surface area contributed by atoms with Gasteiger partial charge in [-0.1, -0.05) is 5.59 Å². The van der Waals surface area contributed by atoms with Crippen molar-refractivity contribution in [1.29, 1.82) is 0 Å². The standard InChI is InChI=1S/C2H4N2O4/c3-4-8-2(7)1(5)6/h4H,3H2,(H,5,6). The summed E-state index contributed by atoms with van der Waals surface area (Å²) in [6.45, 7) is 0. The Morgan fingerprint density at radius 2 is 2.12 bits per heavy atom. The first kappa shape index (κ1) is 6.86. The van der Waals surface area contributed by atoms with Gasteiger partial charge in [0.2, 0.25) is 0 Å². The summed E-state index contributed by atoms with van der Waals surface area (Å²) in [4.78, 5) is 22.9. The molecule has 6 heteroatoms. The Bertz CT molecular complexity index is 111. The average Bonchev–Trinajstić information content (AvgIpc) is 1.67. The lowest BCUT2D eigenvalue weighted by Crippen LogP contribution is -2.30. The SMILES string of the molecule is NNOC(=O)C(=O)O. The highest BCUT2D eigenvalue weighted by Gasteiger charge is 2.11. The number of rotatable bonds is 1. The molecule has 0 aliphatic heterocycles. The van der Waals surface area contributed by atoms with Crippen LogP contribution in [0.15, 0.2) is 0 Å². The van der Waals surface area contributed by atoms with E-state index in [1.807, 2.05) is 0 Å². The average molecular weight is 120 g/mol. The number of nitrogens with two attached hydrogens (primary N) is 1. The first-order chi connectivity index (χ1) is 3.68. The van der Waals surface area contributed by atoms with Gasteiger partial charge in [0.1, 0.15) is 0 Å². The van der Waals surface area contributed by atoms with Crippen molar-refractivity contribution in [2.45, 2.75) is 0 Å². The molecule has 0 radical (unpaired) electrons. The van der Waals surface area contributed by atoms with E-state index in [4.69, 9.17) is 5.11 Å². The highest BCUT2D eigenvalue weighted by atomic mass is 16.7. The van der Waals surface area contributed by atoms with Crippen LogP contribution < -0.4 is 11.4 Å². The Balaban J connectivity index is 3.49. The second kappa shape index (κ2) is 2.94. The van der Waals surface area contributed by atoms with Crippen molar-refractivity contribution in [3.63, 3.8) is 0 Å². The summed E-state index contributed by atoms with van der Waals surface area (Å²) in [5, 5.41) is 7.74. The smallest absolute Gasteiger partial charge is 0.437 e. The molecule has 0 aliphatic carbocycles. The van der Waals surface area contributed by atoms with E-state index in [0.29, 0.717) is 0 Å². The minimum atomic E-state index is -1.69. The Morgan fingerprint density at radius 3 is 2.25 bits per heavy atom. The van der Waals surface area contributed by atoms with Crippen LogP contribution in [0.2, 0.25) is 0 Å². The van der Waals surface area contributed by atoms with Crippen LogP contribution in [0, 0.1) is 0 Å². The second-order valence-corrected chi connectivity index (χ2v) is 0.813. The lowest BCUT2D eigenvalue weighted by molar-refractivity contribution is -0.168. The van der Waals surface area contributed by atoms with Gasteiger partial charge in [0.15, 0.2) is 0 Å². The molecule has 0 bridgehead atoms. The van der Waals surface area contributed by atoms with Crippen molar-refractivity contribution in [2.24, 2.45) is 5.84 Å². The molecule has 0 unspecified atom stereocenters. The number of carboxylic acids is 1. The molecule has 0 fully saturated rings. The number of carbonyl (C=O) groups is 2. The Hall–Kier alpha value is -1.14. The summed E-state index contributed by atoms with van der Waals surface area (Å²) < 4.78 is 0. The molecule has 0 aliphatic rings. The summed E-state index contributed by atoms with van der Waals surface area (Å²) >= 11 is 0. The minimum Gasteiger partial charge on any atom is -0.473 e. The molecule has 0 saturated carbocycles. The van der Waals surface area contributed by atoms with Crippen molar-refractivity contribution < 1.29 is 19.5 Å². The maximum absolute atomic E-state index is 9.78. The van der Waals surface area contributed by atoms with Crippen molar-refractivity contribution in [1.82, 2.24) is 5.59 Å². The third-order valence-electron chi connectivity index (χ3n) is 0.326. The largest absolute Gasteiger partial charge is 0.473 e. The van der Waals surface area contributed by atoms with Crippen LogP contribution in [-0.4, -0.2) is 17.0 Å². The lowest BCUT2D eigenvalue weighted by Gasteiger charge is -1.92. The molecule has 46 valence electrons. The van der Waals surface area contributed by atoms with Gasteiger partial charge in [-0.05, 0) is 0 Å². The number of carboxylic acid groups (broad SMARTS) is 1. The van der Waals surface area contributed by atoms with Gasteiger partial charge >= 0.3 is 11.9 Å². The highest BCUT2D eigenvalue weighted by molar-refractivity contribution is 6.28. The number of hydrazine groups is 1. The van der Waals surface area contributed by atoms with E-state index < -0.39 is 11.9 Å². The van der Waals surface area contributed by atoms with E-state index in [0.717, 1.165) is 0 Å². The predicted molar refractivity (Wildman–Crippen MR) is 21.1 cm³/mol. The zero-order valence-corrected chi connectivity index (χ0v) is 3.75. The summed E-state index contributed by atoms with van der Waals surface area (Å²) in [5.74, 6) is 1.28. The number of nitrogens with one attached hydrogen (secondary N) is 1. The number of hydrogen-bond donors (Lipinski definition) is 3. The lowest BCUT2D eigenvalue weighted by atomic mass is 10.7. The molecule has 0 spiro atoms. The van der Waals surface area contributed by atoms with E-state index in [-0.39, 0.29) is 0 Å². The van der Waals surface area contributed by atoms with Gasteiger partial charge in [-0.15, -0.1) is 0 Å². The number of hydrogen-bond acceptors (Lipinski definition) is 5. The molecule has 0 atom stereocenters. The molecule has 0 aromatic carbocycles. The number of aliphatic carboxylic acids is 1. The van der Waals surface area contributed by atoms with Crippen molar-refractivity contribution in [2.75, 3.05) is 0 Å². The summed E-state index contributed by atoms with van der Waals surface area (Å²) in [7, 11) is 0. The maximum atomic E-state index is 9.78. The zero-order chi connectivity index (χ0) is 6.57. The van der Waals surface area contributed by atoms with Crippen LogP contribution in [-0.2, 0) is 14.4 Å². The van der Waals surface area contributed by atoms with Gasteiger partial charge in [0.25, 0.3) is 0 Å². The summed E-state index contributed by atoms with van der Waals surface area (Å²) in [6, 6.07) is 0. The molecular formula is C2H4N2O4. The number of carbonyl (C=O) groups excluding carboxylic acids is 1. The summed E-state index contributed by atoms with van der Waals surface area (Å²) in [6.07, 6.45) is 0. The fourth-order valence-electron chi connectivity index (χ4n) is 0.0972. The molecular weight excluding hydrogens is 116 g/mol. The van der Waals surface area contributed by atoms with E-state index in [1.54, 1.807) is 0 Å². The quantitative estimate of drug-likeness (QED) is 0.210. The minimum absolute atomic E-state index is 1.42. The van der Waals surface area contributed by atoms with Gasteiger partial charge in [0.05, 0.1) is 0 Å². The molecule has 4 N–H and O–H groups in total. The maximum Gasteiger partial charge on any atom is 0.437 e. The van der Waals surface area contributed by atoms with Gasteiger partial charge in [-0.2, -0.15) is 0 Å². The molecule has 0 rings (SSSR count). The van der Waals surface area contributed by atoms with Gasteiger partial charge in [-0.3, -0.25) is 0 Å². The third-order valence-corrected chi connectivity index (χ3v) is 0.326. The monoisotopic (exact) mass is 120 g/mol. The first-order valence-electron chi connectivity index (χ1n) is 1.58. The van der Waals surface area contributed by atoms with Crippen molar-refractivity contribution in [3.05, 3.63) is 0 Å². The van der Waals surface area contributed by atoms with Crippen LogP contribution in [0.4, 0.5) is 0 Å². The fourth-order valence-corrected chi connectivity index (χ4v) is 0.0972. The normalized spacial score (nSPS) is 8.12. The van der Waals surface area contributed by atoms with Crippen LogP contribution in [0.3, 0.4) is 0 Å². The van der Waals surface area contributed by atoms with Gasteiger partial charge in [-0.25, -0.2) is 15.4 Å². The highest BCUT2D eigenvalue weighted by Crippen LogP contribution is 1.67. The second-order valence-electron chi connectivity index (χ2n) is 0.813. The van der Waals surface area contributed by atoms with Crippen LogP contribution in [0.1, 0.15) is 0 Å². The van der Waals surface area contributed by atoms with Gasteiger partial charge < -0.3 is 9.94 Å². The van der Waals surface area contributed by atoms with E-state index in [2.05, 4.69) is 10.7 Å². The summed E-state index contributed by atoms with van der Waals surface area (Å²) in [5.41, 5.74) is 1.42. The predicted octanol–water partition coefficient (Wildman–Crippen LogP) is -2.01. The van der Waals surface area contributed by atoms with E-state index in [9.17, 15) is 9.59 Å². The molecule has 6 nitrogen and oxygen atoms in total.